The van der Waals surface area contributed by atoms with Gasteiger partial charge in [-0.25, -0.2) is 9.37 Å². The standard InChI is InChI=1S/C20H20FN3O/c21-16-5-3-4-15(12-16)20(8-10-25-11-9-20)14-23-19-13-22-17-6-1-2-7-18(17)24-19/h1-7,12-13H,8-11,14H2,(H,23,24). The number of para-hydroxylation sites is 2. The maximum atomic E-state index is 13.8. The molecule has 1 saturated heterocycles. The molecule has 1 N–H and O–H groups in total. The lowest BCUT2D eigenvalue weighted by atomic mass is 9.74. The number of nitrogens with one attached hydrogen (secondary N) is 1. The lowest BCUT2D eigenvalue weighted by Gasteiger charge is -2.38. The molecule has 0 spiro atoms. The van der Waals surface area contributed by atoms with E-state index in [0.717, 1.165) is 35.3 Å². The maximum Gasteiger partial charge on any atom is 0.145 e. The van der Waals surface area contributed by atoms with Gasteiger partial charge in [0.2, 0.25) is 0 Å². The fourth-order valence-corrected chi connectivity index (χ4v) is 3.45. The van der Waals surface area contributed by atoms with Gasteiger partial charge in [-0.2, -0.15) is 0 Å². The molecule has 4 rings (SSSR count). The molecule has 0 atom stereocenters. The smallest absolute Gasteiger partial charge is 0.145 e. The minimum atomic E-state index is -0.200. The molecule has 128 valence electrons. The van der Waals surface area contributed by atoms with Crippen LogP contribution in [0.4, 0.5) is 10.2 Å². The normalized spacial score (nSPS) is 16.7. The lowest BCUT2D eigenvalue weighted by molar-refractivity contribution is 0.0542. The van der Waals surface area contributed by atoms with Crippen LogP contribution < -0.4 is 5.32 Å². The SMILES string of the molecule is Fc1cccc(C2(CNc3cnc4ccccc4n3)CCOCC2)c1. The van der Waals surface area contributed by atoms with Crippen molar-refractivity contribution in [2.24, 2.45) is 0 Å². The van der Waals surface area contributed by atoms with Gasteiger partial charge in [0.1, 0.15) is 11.6 Å². The zero-order valence-corrected chi connectivity index (χ0v) is 13.9. The molecule has 0 unspecified atom stereocenters. The number of anilines is 1. The van der Waals surface area contributed by atoms with E-state index in [2.05, 4.69) is 15.3 Å². The van der Waals surface area contributed by atoms with E-state index in [1.165, 1.54) is 6.07 Å². The summed E-state index contributed by atoms with van der Waals surface area (Å²) in [6, 6.07) is 14.7. The molecule has 2 aromatic carbocycles. The Morgan fingerprint density at radius 2 is 1.84 bits per heavy atom. The van der Waals surface area contributed by atoms with Crippen LogP contribution in [0.5, 0.6) is 0 Å². The van der Waals surface area contributed by atoms with Crippen molar-refractivity contribution in [3.8, 4) is 0 Å². The van der Waals surface area contributed by atoms with E-state index in [4.69, 9.17) is 4.74 Å². The third kappa shape index (κ3) is 3.33. The molecule has 1 aliphatic heterocycles. The summed E-state index contributed by atoms with van der Waals surface area (Å²) in [5.74, 6) is 0.537. The summed E-state index contributed by atoms with van der Waals surface area (Å²) in [5.41, 5.74) is 2.59. The average molecular weight is 337 g/mol. The van der Waals surface area contributed by atoms with Crippen LogP contribution in [-0.2, 0) is 10.2 Å². The Morgan fingerprint density at radius 1 is 1.04 bits per heavy atom. The van der Waals surface area contributed by atoms with Crippen molar-refractivity contribution in [2.75, 3.05) is 25.1 Å². The molecule has 5 heteroatoms. The van der Waals surface area contributed by atoms with Crippen molar-refractivity contribution >= 4 is 16.9 Å². The Labute approximate surface area is 146 Å². The van der Waals surface area contributed by atoms with Crippen molar-refractivity contribution in [2.45, 2.75) is 18.3 Å². The van der Waals surface area contributed by atoms with Crippen LogP contribution in [0.1, 0.15) is 18.4 Å². The van der Waals surface area contributed by atoms with Crippen LogP contribution in [0.2, 0.25) is 0 Å². The van der Waals surface area contributed by atoms with Gasteiger partial charge in [-0.1, -0.05) is 24.3 Å². The van der Waals surface area contributed by atoms with E-state index in [9.17, 15) is 4.39 Å². The first-order valence-corrected chi connectivity index (χ1v) is 8.55. The molecule has 25 heavy (non-hydrogen) atoms. The highest BCUT2D eigenvalue weighted by molar-refractivity contribution is 5.75. The predicted molar refractivity (Wildman–Crippen MR) is 96.2 cm³/mol. The highest BCUT2D eigenvalue weighted by Gasteiger charge is 2.34. The number of halogens is 1. The highest BCUT2D eigenvalue weighted by atomic mass is 19.1. The first-order chi connectivity index (χ1) is 12.3. The fourth-order valence-electron chi connectivity index (χ4n) is 3.45. The van der Waals surface area contributed by atoms with Crippen molar-refractivity contribution in [1.82, 2.24) is 9.97 Å². The Morgan fingerprint density at radius 3 is 2.64 bits per heavy atom. The van der Waals surface area contributed by atoms with Crippen molar-refractivity contribution in [3.63, 3.8) is 0 Å². The van der Waals surface area contributed by atoms with E-state index in [0.29, 0.717) is 19.8 Å². The summed E-state index contributed by atoms with van der Waals surface area (Å²) in [4.78, 5) is 9.07. The number of hydrogen-bond donors (Lipinski definition) is 1. The first-order valence-electron chi connectivity index (χ1n) is 8.55. The van der Waals surface area contributed by atoms with Gasteiger partial charge in [-0.15, -0.1) is 0 Å². The van der Waals surface area contributed by atoms with E-state index in [1.807, 2.05) is 30.3 Å². The Balaban J connectivity index is 1.60. The molecular weight excluding hydrogens is 317 g/mol. The first kappa shape index (κ1) is 16.0. The summed E-state index contributed by atoms with van der Waals surface area (Å²) < 4.78 is 19.3. The largest absolute Gasteiger partial charge is 0.381 e. The van der Waals surface area contributed by atoms with Crippen LogP contribution in [0.15, 0.2) is 54.7 Å². The van der Waals surface area contributed by atoms with Crippen LogP contribution in [0, 0.1) is 5.82 Å². The molecule has 0 amide bonds. The molecule has 1 aliphatic rings. The van der Waals surface area contributed by atoms with Crippen molar-refractivity contribution in [3.05, 3.63) is 66.1 Å². The number of rotatable bonds is 4. The number of ether oxygens (including phenoxy) is 1. The Kier molecular flexibility index (Phi) is 4.32. The van der Waals surface area contributed by atoms with Gasteiger partial charge in [0, 0.05) is 25.2 Å². The second-order valence-corrected chi connectivity index (χ2v) is 6.50. The summed E-state index contributed by atoms with van der Waals surface area (Å²) in [6.45, 7) is 2.04. The Bertz CT molecular complexity index is 877. The molecule has 1 aromatic heterocycles. The fraction of sp³-hybridized carbons (Fsp3) is 0.300. The quantitative estimate of drug-likeness (QED) is 0.784. The number of aromatic nitrogens is 2. The summed E-state index contributed by atoms with van der Waals surface area (Å²) in [5, 5.41) is 3.41. The maximum absolute atomic E-state index is 13.8. The zero-order valence-electron chi connectivity index (χ0n) is 13.9. The van der Waals surface area contributed by atoms with Crippen LogP contribution in [0.3, 0.4) is 0 Å². The average Bonchev–Trinajstić information content (AvgIpc) is 2.67. The number of fused-ring (bicyclic) bond motifs is 1. The van der Waals surface area contributed by atoms with E-state index >= 15 is 0 Å². The molecule has 1 fully saturated rings. The monoisotopic (exact) mass is 337 g/mol. The van der Waals surface area contributed by atoms with Crippen LogP contribution in [0.25, 0.3) is 11.0 Å². The van der Waals surface area contributed by atoms with Crippen molar-refractivity contribution in [1.29, 1.82) is 0 Å². The van der Waals surface area contributed by atoms with Crippen LogP contribution in [-0.4, -0.2) is 29.7 Å². The topological polar surface area (TPSA) is 47.0 Å². The summed E-state index contributed by atoms with van der Waals surface area (Å²) in [6.07, 6.45) is 3.45. The molecule has 2 heterocycles. The third-order valence-corrected chi connectivity index (χ3v) is 4.94. The number of hydrogen-bond acceptors (Lipinski definition) is 4. The third-order valence-electron chi connectivity index (χ3n) is 4.94. The van der Waals surface area contributed by atoms with E-state index in [-0.39, 0.29) is 11.2 Å². The van der Waals surface area contributed by atoms with Crippen LogP contribution >= 0.6 is 0 Å². The molecular formula is C20H20FN3O. The van der Waals surface area contributed by atoms with Gasteiger partial charge >= 0.3 is 0 Å². The zero-order chi connectivity index (χ0) is 17.1. The molecule has 4 nitrogen and oxygen atoms in total. The molecule has 0 aliphatic carbocycles. The predicted octanol–water partition coefficient (Wildman–Crippen LogP) is 3.93. The minimum absolute atomic E-state index is 0.159. The number of nitrogens with zero attached hydrogens (tertiary/aromatic N) is 2. The lowest BCUT2D eigenvalue weighted by Crippen LogP contribution is -2.40. The van der Waals surface area contributed by atoms with Gasteiger partial charge in [-0.3, -0.25) is 4.98 Å². The van der Waals surface area contributed by atoms with Gasteiger partial charge in [0.15, 0.2) is 0 Å². The molecule has 3 aromatic rings. The molecule has 0 saturated carbocycles. The number of benzene rings is 2. The minimum Gasteiger partial charge on any atom is -0.381 e. The molecule has 0 radical (unpaired) electrons. The van der Waals surface area contributed by atoms with Crippen molar-refractivity contribution < 1.29 is 9.13 Å². The second kappa shape index (κ2) is 6.76. The van der Waals surface area contributed by atoms with Gasteiger partial charge in [-0.05, 0) is 42.7 Å². The van der Waals surface area contributed by atoms with E-state index in [1.54, 1.807) is 18.3 Å². The van der Waals surface area contributed by atoms with Gasteiger partial charge in [0.05, 0.1) is 17.2 Å². The molecule has 0 bridgehead atoms. The summed E-state index contributed by atoms with van der Waals surface area (Å²) >= 11 is 0. The van der Waals surface area contributed by atoms with E-state index < -0.39 is 0 Å². The van der Waals surface area contributed by atoms with Gasteiger partial charge in [0.25, 0.3) is 0 Å². The van der Waals surface area contributed by atoms with Gasteiger partial charge < -0.3 is 10.1 Å². The second-order valence-electron chi connectivity index (χ2n) is 6.50. The highest BCUT2D eigenvalue weighted by Crippen LogP contribution is 2.35. The summed E-state index contributed by atoms with van der Waals surface area (Å²) in [7, 11) is 0. The Hall–Kier alpha value is -2.53.